The lowest BCUT2D eigenvalue weighted by Gasteiger charge is -2.12. The molecule has 0 aromatic heterocycles. The fourth-order valence-electron chi connectivity index (χ4n) is 1.53. The van der Waals surface area contributed by atoms with Gasteiger partial charge in [-0.2, -0.15) is 0 Å². The molecule has 0 aliphatic rings. The van der Waals surface area contributed by atoms with E-state index in [0.29, 0.717) is 10.6 Å². The zero-order valence-electron chi connectivity index (χ0n) is 11.0. The molecule has 0 heterocycles. The Hall–Kier alpha value is -2.25. The van der Waals surface area contributed by atoms with Crippen molar-refractivity contribution in [3.63, 3.8) is 0 Å². The van der Waals surface area contributed by atoms with E-state index in [1.807, 2.05) is 0 Å². The molecular formula is C14H10ClF2N3OS. The predicted molar refractivity (Wildman–Crippen MR) is 84.6 cm³/mol. The van der Waals surface area contributed by atoms with Gasteiger partial charge in [0.05, 0.1) is 5.69 Å². The summed E-state index contributed by atoms with van der Waals surface area (Å²) in [5.74, 6) is -1.94. The number of amides is 1. The molecule has 0 aliphatic heterocycles. The summed E-state index contributed by atoms with van der Waals surface area (Å²) in [5.41, 5.74) is 5.10. The zero-order valence-corrected chi connectivity index (χ0v) is 12.6. The molecule has 2 aromatic carbocycles. The molecule has 0 spiro atoms. The Morgan fingerprint density at radius 3 is 2.36 bits per heavy atom. The highest BCUT2D eigenvalue weighted by Gasteiger charge is 2.08. The first-order valence-electron chi connectivity index (χ1n) is 6.03. The average Bonchev–Trinajstić information content (AvgIpc) is 2.48. The molecule has 2 aromatic rings. The molecule has 8 heteroatoms. The van der Waals surface area contributed by atoms with Crippen LogP contribution in [-0.4, -0.2) is 11.0 Å². The van der Waals surface area contributed by atoms with Crippen LogP contribution in [0.25, 0.3) is 0 Å². The van der Waals surface area contributed by atoms with E-state index < -0.39 is 17.5 Å². The highest BCUT2D eigenvalue weighted by molar-refractivity contribution is 7.80. The van der Waals surface area contributed by atoms with Gasteiger partial charge in [-0.15, -0.1) is 0 Å². The average molecular weight is 342 g/mol. The first-order valence-corrected chi connectivity index (χ1v) is 6.82. The highest BCUT2D eigenvalue weighted by Crippen LogP contribution is 2.14. The minimum atomic E-state index is -0.798. The number of anilines is 1. The van der Waals surface area contributed by atoms with E-state index in [2.05, 4.69) is 16.2 Å². The molecule has 0 bridgehead atoms. The number of hydrazine groups is 1. The van der Waals surface area contributed by atoms with Gasteiger partial charge in [0.2, 0.25) is 0 Å². The monoisotopic (exact) mass is 341 g/mol. The van der Waals surface area contributed by atoms with Gasteiger partial charge in [-0.25, -0.2) is 8.78 Å². The molecule has 0 radical (unpaired) electrons. The second-order valence-corrected chi connectivity index (χ2v) is 5.01. The number of thiocarbonyl (C=S) groups is 1. The van der Waals surface area contributed by atoms with Crippen molar-refractivity contribution in [3.05, 3.63) is 64.7 Å². The summed E-state index contributed by atoms with van der Waals surface area (Å²) < 4.78 is 26.2. The van der Waals surface area contributed by atoms with Crippen molar-refractivity contribution in [2.75, 3.05) is 5.32 Å². The molecule has 0 fully saturated rings. The largest absolute Gasteiger partial charge is 0.329 e. The molecule has 4 nitrogen and oxygen atoms in total. The van der Waals surface area contributed by atoms with E-state index in [1.165, 1.54) is 18.2 Å². The van der Waals surface area contributed by atoms with Gasteiger partial charge in [0.1, 0.15) is 11.6 Å². The van der Waals surface area contributed by atoms with Crippen molar-refractivity contribution in [3.8, 4) is 0 Å². The maximum Gasteiger partial charge on any atom is 0.269 e. The Morgan fingerprint density at radius 2 is 1.73 bits per heavy atom. The highest BCUT2D eigenvalue weighted by atomic mass is 35.5. The van der Waals surface area contributed by atoms with Gasteiger partial charge in [0.15, 0.2) is 5.11 Å². The van der Waals surface area contributed by atoms with Crippen LogP contribution in [0.2, 0.25) is 5.02 Å². The Morgan fingerprint density at radius 1 is 1.05 bits per heavy atom. The SMILES string of the molecule is O=C(NNC(=S)Nc1ccc(F)cc1F)c1ccc(Cl)cc1. The third kappa shape index (κ3) is 4.37. The van der Waals surface area contributed by atoms with E-state index in [4.69, 9.17) is 23.8 Å². The third-order valence-corrected chi connectivity index (χ3v) is 3.03. The van der Waals surface area contributed by atoms with E-state index in [1.54, 1.807) is 12.1 Å². The van der Waals surface area contributed by atoms with Crippen molar-refractivity contribution in [2.45, 2.75) is 0 Å². The Labute approximate surface area is 135 Å². The number of hydrogen-bond acceptors (Lipinski definition) is 2. The molecule has 2 rings (SSSR count). The van der Waals surface area contributed by atoms with Crippen LogP contribution in [0, 0.1) is 11.6 Å². The standard InChI is InChI=1S/C14H10ClF2N3OS/c15-9-3-1-8(2-4-9)13(21)19-20-14(22)18-12-6-5-10(16)7-11(12)17/h1-7H,(H,19,21)(H2,18,20,22). The van der Waals surface area contributed by atoms with Crippen LogP contribution in [0.1, 0.15) is 10.4 Å². The molecule has 0 atom stereocenters. The van der Waals surface area contributed by atoms with Crippen LogP contribution in [0.4, 0.5) is 14.5 Å². The Balaban J connectivity index is 1.89. The number of rotatable bonds is 2. The maximum absolute atomic E-state index is 13.4. The normalized spacial score (nSPS) is 9.95. The first-order chi connectivity index (χ1) is 10.5. The lowest BCUT2D eigenvalue weighted by molar-refractivity contribution is 0.0944. The number of carbonyl (C=O) groups excluding carboxylic acids is 1. The fraction of sp³-hybridized carbons (Fsp3) is 0. The second kappa shape index (κ2) is 7.15. The van der Waals surface area contributed by atoms with Gasteiger partial charge < -0.3 is 5.32 Å². The number of nitrogens with one attached hydrogen (secondary N) is 3. The minimum Gasteiger partial charge on any atom is -0.329 e. The summed E-state index contributed by atoms with van der Waals surface area (Å²) in [4.78, 5) is 11.8. The molecule has 0 unspecified atom stereocenters. The topological polar surface area (TPSA) is 53.2 Å². The predicted octanol–water partition coefficient (Wildman–Crippen LogP) is 3.25. The van der Waals surface area contributed by atoms with E-state index in [-0.39, 0.29) is 10.8 Å². The summed E-state index contributed by atoms with van der Waals surface area (Å²) >= 11 is 10.6. The molecule has 1 amide bonds. The summed E-state index contributed by atoms with van der Waals surface area (Å²) in [6.07, 6.45) is 0. The van der Waals surface area contributed by atoms with Crippen molar-refractivity contribution in [1.29, 1.82) is 0 Å². The summed E-state index contributed by atoms with van der Waals surface area (Å²) in [6.45, 7) is 0. The molecule has 22 heavy (non-hydrogen) atoms. The van der Waals surface area contributed by atoms with Crippen LogP contribution in [0.15, 0.2) is 42.5 Å². The van der Waals surface area contributed by atoms with Crippen molar-refractivity contribution >= 4 is 40.5 Å². The molecule has 0 aliphatic carbocycles. The Bertz CT molecular complexity index is 710. The number of hydrogen-bond donors (Lipinski definition) is 3. The summed E-state index contributed by atoms with van der Waals surface area (Å²) in [6, 6.07) is 9.21. The van der Waals surface area contributed by atoms with Crippen LogP contribution in [0.5, 0.6) is 0 Å². The van der Waals surface area contributed by atoms with Gasteiger partial charge in [0, 0.05) is 16.7 Å². The second-order valence-electron chi connectivity index (χ2n) is 4.16. The van der Waals surface area contributed by atoms with Crippen LogP contribution in [-0.2, 0) is 0 Å². The van der Waals surface area contributed by atoms with Crippen LogP contribution in [0.3, 0.4) is 0 Å². The molecule has 0 saturated heterocycles. The Kier molecular flexibility index (Phi) is 5.24. The van der Waals surface area contributed by atoms with Crippen LogP contribution >= 0.6 is 23.8 Å². The molecule has 3 N–H and O–H groups in total. The quantitative estimate of drug-likeness (QED) is 0.580. The van der Waals surface area contributed by atoms with Crippen molar-refractivity contribution < 1.29 is 13.6 Å². The molecule has 114 valence electrons. The zero-order chi connectivity index (χ0) is 16.1. The molecular weight excluding hydrogens is 332 g/mol. The van der Waals surface area contributed by atoms with E-state index in [9.17, 15) is 13.6 Å². The minimum absolute atomic E-state index is 0.0142. The lowest BCUT2D eigenvalue weighted by atomic mass is 10.2. The third-order valence-electron chi connectivity index (χ3n) is 2.58. The smallest absolute Gasteiger partial charge is 0.269 e. The molecule has 0 saturated carbocycles. The van der Waals surface area contributed by atoms with Crippen molar-refractivity contribution in [2.24, 2.45) is 0 Å². The van der Waals surface area contributed by atoms with Gasteiger partial charge in [-0.3, -0.25) is 15.6 Å². The van der Waals surface area contributed by atoms with Crippen LogP contribution < -0.4 is 16.2 Å². The lowest BCUT2D eigenvalue weighted by Crippen LogP contribution is -2.43. The van der Waals surface area contributed by atoms with E-state index in [0.717, 1.165) is 12.1 Å². The number of halogens is 3. The first kappa shape index (κ1) is 16.1. The maximum atomic E-state index is 13.4. The summed E-state index contributed by atoms with van der Waals surface area (Å²) in [5, 5.41) is 2.96. The van der Waals surface area contributed by atoms with Gasteiger partial charge >= 0.3 is 0 Å². The van der Waals surface area contributed by atoms with Gasteiger partial charge in [-0.05, 0) is 48.6 Å². The summed E-state index contributed by atoms with van der Waals surface area (Å²) in [7, 11) is 0. The fourth-order valence-corrected chi connectivity index (χ4v) is 1.82. The van der Waals surface area contributed by atoms with Gasteiger partial charge in [0.25, 0.3) is 5.91 Å². The van der Waals surface area contributed by atoms with E-state index >= 15 is 0 Å². The van der Waals surface area contributed by atoms with Crippen molar-refractivity contribution in [1.82, 2.24) is 10.9 Å². The van der Waals surface area contributed by atoms with Gasteiger partial charge in [-0.1, -0.05) is 11.6 Å². The number of carbonyl (C=O) groups is 1. The number of benzene rings is 2.